The number of hydrogen-bond donors (Lipinski definition) is 2. The molecule has 0 fully saturated rings. The fourth-order valence-electron chi connectivity index (χ4n) is 2.07. The Labute approximate surface area is 146 Å². The summed E-state index contributed by atoms with van der Waals surface area (Å²) in [6, 6.07) is 16.5. The van der Waals surface area contributed by atoms with Gasteiger partial charge in [0.2, 0.25) is 11.8 Å². The molecule has 0 radical (unpaired) electrons. The van der Waals surface area contributed by atoms with Gasteiger partial charge in [0.25, 0.3) is 0 Å². The molecule has 0 saturated heterocycles. The van der Waals surface area contributed by atoms with Gasteiger partial charge in [-0.2, -0.15) is 5.10 Å². The average molecular weight is 339 g/mol. The lowest BCUT2D eigenvalue weighted by Gasteiger charge is -2.05. The molecule has 0 aromatic heterocycles. The van der Waals surface area contributed by atoms with Crippen molar-refractivity contribution in [3.8, 4) is 5.75 Å². The highest BCUT2D eigenvalue weighted by molar-refractivity contribution is 5.99. The lowest BCUT2D eigenvalue weighted by atomic mass is 10.1. The number of amides is 2. The van der Waals surface area contributed by atoms with E-state index in [1.54, 1.807) is 26.2 Å². The molecule has 2 aromatic carbocycles. The van der Waals surface area contributed by atoms with Crippen LogP contribution in [0.4, 0.5) is 5.69 Å². The fraction of sp³-hybridized carbons (Fsp3) is 0.211. The first-order valence-electron chi connectivity index (χ1n) is 7.91. The van der Waals surface area contributed by atoms with Gasteiger partial charge in [-0.3, -0.25) is 9.59 Å². The van der Waals surface area contributed by atoms with Crippen molar-refractivity contribution in [2.75, 3.05) is 12.4 Å². The molecule has 6 nitrogen and oxygen atoms in total. The number of ether oxygens (including phenoxy) is 1. The molecule has 2 aromatic rings. The van der Waals surface area contributed by atoms with E-state index in [4.69, 9.17) is 4.74 Å². The Hall–Kier alpha value is -3.15. The Balaban J connectivity index is 1.78. The molecule has 6 heteroatoms. The maximum Gasteiger partial charge on any atom is 0.240 e. The van der Waals surface area contributed by atoms with Crippen LogP contribution in [0.5, 0.6) is 5.75 Å². The van der Waals surface area contributed by atoms with Gasteiger partial charge >= 0.3 is 0 Å². The first kappa shape index (κ1) is 18.2. The van der Waals surface area contributed by atoms with Crippen molar-refractivity contribution >= 4 is 23.2 Å². The molecule has 0 aliphatic rings. The maximum absolute atomic E-state index is 11.8. The van der Waals surface area contributed by atoms with Crippen LogP contribution in [-0.2, 0) is 9.59 Å². The van der Waals surface area contributed by atoms with Gasteiger partial charge in [0.05, 0.1) is 12.8 Å². The monoisotopic (exact) mass is 339 g/mol. The lowest BCUT2D eigenvalue weighted by molar-refractivity contribution is -0.124. The molecule has 0 saturated carbocycles. The van der Waals surface area contributed by atoms with Crippen LogP contribution in [0.1, 0.15) is 25.3 Å². The summed E-state index contributed by atoms with van der Waals surface area (Å²) in [5.41, 5.74) is 4.72. The Bertz CT molecular complexity index is 740. The molecule has 2 rings (SSSR count). The fourth-order valence-corrected chi connectivity index (χ4v) is 2.07. The molecule has 0 unspecified atom stereocenters. The zero-order chi connectivity index (χ0) is 18.1. The third-order valence-corrected chi connectivity index (χ3v) is 3.49. The Kier molecular flexibility index (Phi) is 6.71. The second kappa shape index (κ2) is 9.22. The van der Waals surface area contributed by atoms with Crippen LogP contribution < -0.4 is 15.5 Å². The molecular weight excluding hydrogens is 318 g/mol. The summed E-state index contributed by atoms with van der Waals surface area (Å²) in [5, 5.41) is 6.79. The van der Waals surface area contributed by atoms with Crippen molar-refractivity contribution in [3.63, 3.8) is 0 Å². The second-order valence-electron chi connectivity index (χ2n) is 5.37. The molecular formula is C19H21N3O3. The van der Waals surface area contributed by atoms with Crippen molar-refractivity contribution in [3.05, 3.63) is 60.2 Å². The highest BCUT2D eigenvalue weighted by Gasteiger charge is 2.07. The van der Waals surface area contributed by atoms with Crippen LogP contribution in [0.15, 0.2) is 59.7 Å². The number of carbonyl (C=O) groups is 2. The summed E-state index contributed by atoms with van der Waals surface area (Å²) in [5.74, 6) is 0.235. The van der Waals surface area contributed by atoms with E-state index in [2.05, 4.69) is 15.8 Å². The first-order chi connectivity index (χ1) is 12.1. The topological polar surface area (TPSA) is 79.8 Å². The largest absolute Gasteiger partial charge is 0.497 e. The second-order valence-corrected chi connectivity index (χ2v) is 5.37. The summed E-state index contributed by atoms with van der Waals surface area (Å²) in [6.07, 6.45) is 0.163. The molecule has 0 aliphatic carbocycles. The van der Waals surface area contributed by atoms with Gasteiger partial charge in [-0.25, -0.2) is 5.43 Å². The highest BCUT2D eigenvalue weighted by atomic mass is 16.5. The van der Waals surface area contributed by atoms with Crippen LogP contribution in [0, 0.1) is 0 Å². The zero-order valence-corrected chi connectivity index (χ0v) is 14.3. The smallest absolute Gasteiger partial charge is 0.240 e. The quantitative estimate of drug-likeness (QED) is 0.601. The van der Waals surface area contributed by atoms with Crippen LogP contribution in [0.3, 0.4) is 0 Å². The molecule has 0 spiro atoms. The molecule has 0 bridgehead atoms. The molecule has 0 aliphatic heterocycles. The third-order valence-electron chi connectivity index (χ3n) is 3.49. The molecule has 0 heterocycles. The van der Waals surface area contributed by atoms with Gasteiger partial charge in [-0.1, -0.05) is 18.2 Å². The number of methoxy groups -OCH3 is 1. The molecule has 0 atom stereocenters. The summed E-state index contributed by atoms with van der Waals surface area (Å²) in [7, 11) is 1.60. The first-order valence-corrected chi connectivity index (χ1v) is 7.91. The number of nitrogens with one attached hydrogen (secondary N) is 2. The summed E-state index contributed by atoms with van der Waals surface area (Å²) >= 11 is 0. The van der Waals surface area contributed by atoms with E-state index < -0.39 is 0 Å². The van der Waals surface area contributed by atoms with Crippen molar-refractivity contribution in [2.45, 2.75) is 19.8 Å². The minimum absolute atomic E-state index is 0.0675. The van der Waals surface area contributed by atoms with Gasteiger partial charge in [0, 0.05) is 18.5 Å². The number of rotatable bonds is 7. The van der Waals surface area contributed by atoms with E-state index in [9.17, 15) is 9.59 Å². The normalized spacial score (nSPS) is 10.9. The summed E-state index contributed by atoms with van der Waals surface area (Å²) < 4.78 is 5.10. The van der Waals surface area contributed by atoms with Gasteiger partial charge in [-0.15, -0.1) is 0 Å². The van der Waals surface area contributed by atoms with Gasteiger partial charge < -0.3 is 10.1 Å². The Morgan fingerprint density at radius 3 is 2.24 bits per heavy atom. The number of nitrogens with zero attached hydrogens (tertiary/aromatic N) is 1. The predicted octanol–water partition coefficient (Wildman–Crippen LogP) is 2.95. The van der Waals surface area contributed by atoms with E-state index >= 15 is 0 Å². The zero-order valence-electron chi connectivity index (χ0n) is 14.3. The Morgan fingerprint density at radius 2 is 1.60 bits per heavy atom. The number of benzene rings is 2. The Morgan fingerprint density at radius 1 is 0.960 bits per heavy atom. The van der Waals surface area contributed by atoms with Gasteiger partial charge in [0.1, 0.15) is 5.75 Å². The number of anilines is 1. The molecule has 130 valence electrons. The number of para-hydroxylation sites is 1. The van der Waals surface area contributed by atoms with Gasteiger partial charge in [0.15, 0.2) is 0 Å². The predicted molar refractivity (Wildman–Crippen MR) is 97.7 cm³/mol. The van der Waals surface area contributed by atoms with E-state index in [1.807, 2.05) is 42.5 Å². The van der Waals surface area contributed by atoms with E-state index in [1.165, 1.54) is 0 Å². The van der Waals surface area contributed by atoms with E-state index in [0.717, 1.165) is 11.3 Å². The van der Waals surface area contributed by atoms with Crippen molar-refractivity contribution in [2.24, 2.45) is 5.10 Å². The maximum atomic E-state index is 11.8. The number of carbonyl (C=O) groups excluding carboxylic acids is 2. The lowest BCUT2D eigenvalue weighted by Crippen LogP contribution is -2.21. The standard InChI is InChI=1S/C19H21N3O3/c1-14(15-8-10-17(25-2)11-9-15)21-22-19(24)13-12-18(23)20-16-6-4-3-5-7-16/h3-11H,12-13H2,1-2H3,(H,20,23)(H,22,24)/b21-14-. The molecule has 25 heavy (non-hydrogen) atoms. The van der Waals surface area contributed by atoms with Crippen LogP contribution in [0.25, 0.3) is 0 Å². The van der Waals surface area contributed by atoms with Gasteiger partial charge in [-0.05, 0) is 48.9 Å². The average Bonchev–Trinajstić information content (AvgIpc) is 2.65. The molecule has 2 amide bonds. The highest BCUT2D eigenvalue weighted by Crippen LogP contribution is 2.11. The van der Waals surface area contributed by atoms with Crippen molar-refractivity contribution < 1.29 is 14.3 Å². The van der Waals surface area contributed by atoms with Crippen LogP contribution >= 0.6 is 0 Å². The van der Waals surface area contributed by atoms with Crippen molar-refractivity contribution in [1.82, 2.24) is 5.43 Å². The van der Waals surface area contributed by atoms with Crippen LogP contribution in [0.2, 0.25) is 0 Å². The van der Waals surface area contributed by atoms with Crippen molar-refractivity contribution in [1.29, 1.82) is 0 Å². The number of hydrazone groups is 1. The van der Waals surface area contributed by atoms with E-state index in [0.29, 0.717) is 11.4 Å². The summed E-state index contributed by atoms with van der Waals surface area (Å²) in [4.78, 5) is 23.6. The third kappa shape index (κ3) is 6.10. The SMILES string of the molecule is COc1ccc(/C(C)=N\NC(=O)CCC(=O)Nc2ccccc2)cc1. The molecule has 2 N–H and O–H groups in total. The van der Waals surface area contributed by atoms with E-state index in [-0.39, 0.29) is 24.7 Å². The minimum Gasteiger partial charge on any atom is -0.497 e. The van der Waals surface area contributed by atoms with Crippen LogP contribution in [-0.4, -0.2) is 24.6 Å². The minimum atomic E-state index is -0.309. The summed E-state index contributed by atoms with van der Waals surface area (Å²) in [6.45, 7) is 1.80. The number of hydrogen-bond acceptors (Lipinski definition) is 4.